The Balaban J connectivity index is 0.00000392. The van der Waals surface area contributed by atoms with E-state index < -0.39 is 0 Å². The number of rotatable bonds is 11. The van der Waals surface area contributed by atoms with Gasteiger partial charge in [0.2, 0.25) is 5.95 Å². The number of hydrogen-bond acceptors (Lipinski definition) is 6. The molecule has 1 aliphatic heterocycles. The first kappa shape index (κ1) is 24.8. The maximum Gasteiger partial charge on any atom is 0.225 e. The summed E-state index contributed by atoms with van der Waals surface area (Å²) in [6.45, 7) is 10.7. The second kappa shape index (κ2) is 15.7. The molecule has 1 aromatic rings. The number of nitrogens with one attached hydrogen (secondary N) is 2. The van der Waals surface area contributed by atoms with Gasteiger partial charge in [-0.3, -0.25) is 9.89 Å². The van der Waals surface area contributed by atoms with Gasteiger partial charge in [0, 0.05) is 71.9 Å². The predicted molar refractivity (Wildman–Crippen MR) is 126 cm³/mol. The summed E-state index contributed by atoms with van der Waals surface area (Å²) < 4.78 is 5.35. The van der Waals surface area contributed by atoms with Crippen molar-refractivity contribution >= 4 is 35.9 Å². The van der Waals surface area contributed by atoms with Crippen molar-refractivity contribution in [2.24, 2.45) is 4.99 Å². The van der Waals surface area contributed by atoms with Crippen LogP contribution in [0, 0.1) is 0 Å². The fraction of sp³-hybridized carbons (Fsp3) is 0.737. The smallest absolute Gasteiger partial charge is 0.225 e. The van der Waals surface area contributed by atoms with Gasteiger partial charge >= 0.3 is 0 Å². The van der Waals surface area contributed by atoms with E-state index in [0.717, 1.165) is 90.2 Å². The van der Waals surface area contributed by atoms with E-state index in [0.29, 0.717) is 0 Å². The standard InChI is InChI=1S/C19H35N7O.HI/c1-3-27-17-5-4-8-21-18(20-2)22-11-7-12-25-13-15-26(16-14-25)19-23-9-6-10-24-19;/h6,9-10H,3-5,7-8,11-17H2,1-2H3,(H2,20,21,22);1H. The largest absolute Gasteiger partial charge is 0.382 e. The van der Waals surface area contributed by atoms with Crippen molar-refractivity contribution in [3.05, 3.63) is 18.5 Å². The topological polar surface area (TPSA) is 77.9 Å². The SMILES string of the molecule is CCOCCCCNC(=NC)NCCCN1CCN(c2ncccn2)CC1.I. The number of unbranched alkanes of at least 4 members (excludes halogenated alkanes) is 1. The molecule has 2 heterocycles. The number of piperazine rings is 1. The summed E-state index contributed by atoms with van der Waals surface area (Å²) in [5.41, 5.74) is 0. The Morgan fingerprint density at radius 3 is 2.39 bits per heavy atom. The number of nitrogens with zero attached hydrogens (tertiary/aromatic N) is 5. The van der Waals surface area contributed by atoms with Crippen LogP contribution >= 0.6 is 24.0 Å². The summed E-state index contributed by atoms with van der Waals surface area (Å²) >= 11 is 0. The third-order valence-corrected chi connectivity index (χ3v) is 4.59. The number of aromatic nitrogens is 2. The van der Waals surface area contributed by atoms with Crippen LogP contribution in [0.3, 0.4) is 0 Å². The quantitative estimate of drug-likeness (QED) is 0.205. The van der Waals surface area contributed by atoms with E-state index >= 15 is 0 Å². The molecular weight excluding hydrogens is 469 g/mol. The van der Waals surface area contributed by atoms with Crippen LogP contribution in [-0.4, -0.2) is 86.9 Å². The number of aliphatic imine (C=N–C) groups is 1. The molecule has 0 atom stereocenters. The van der Waals surface area contributed by atoms with Gasteiger partial charge in [0.15, 0.2) is 5.96 Å². The van der Waals surface area contributed by atoms with Gasteiger partial charge in [0.1, 0.15) is 0 Å². The second-order valence-corrected chi connectivity index (χ2v) is 6.56. The lowest BCUT2D eigenvalue weighted by Gasteiger charge is -2.34. The molecule has 0 aromatic carbocycles. The highest BCUT2D eigenvalue weighted by Crippen LogP contribution is 2.09. The Morgan fingerprint density at radius 2 is 1.75 bits per heavy atom. The molecule has 1 fully saturated rings. The first-order valence-corrected chi connectivity index (χ1v) is 10.1. The molecule has 28 heavy (non-hydrogen) atoms. The van der Waals surface area contributed by atoms with Crippen LogP contribution in [0.1, 0.15) is 26.2 Å². The Morgan fingerprint density at radius 1 is 1.07 bits per heavy atom. The molecule has 1 aliphatic rings. The number of halogens is 1. The van der Waals surface area contributed by atoms with Crippen LogP contribution < -0.4 is 15.5 Å². The maximum absolute atomic E-state index is 5.35. The lowest BCUT2D eigenvalue weighted by Crippen LogP contribution is -2.47. The molecule has 160 valence electrons. The Hall–Kier alpha value is -1.20. The van der Waals surface area contributed by atoms with E-state index in [2.05, 4.69) is 35.4 Å². The molecular formula is C19H36IN7O. The minimum absolute atomic E-state index is 0. The Kier molecular flexibility index (Phi) is 13.9. The van der Waals surface area contributed by atoms with Crippen molar-refractivity contribution in [3.63, 3.8) is 0 Å². The highest BCUT2D eigenvalue weighted by Gasteiger charge is 2.18. The van der Waals surface area contributed by atoms with Crippen molar-refractivity contribution in [1.29, 1.82) is 0 Å². The summed E-state index contributed by atoms with van der Waals surface area (Å²) in [5, 5.41) is 6.75. The summed E-state index contributed by atoms with van der Waals surface area (Å²) in [6.07, 6.45) is 6.89. The van der Waals surface area contributed by atoms with Gasteiger partial charge in [0.25, 0.3) is 0 Å². The van der Waals surface area contributed by atoms with Gasteiger partial charge in [-0.1, -0.05) is 0 Å². The molecule has 9 heteroatoms. The fourth-order valence-corrected chi connectivity index (χ4v) is 3.04. The average Bonchev–Trinajstić information content (AvgIpc) is 2.73. The van der Waals surface area contributed by atoms with Gasteiger partial charge in [-0.25, -0.2) is 9.97 Å². The predicted octanol–water partition coefficient (Wildman–Crippen LogP) is 1.59. The van der Waals surface area contributed by atoms with Crippen molar-refractivity contribution < 1.29 is 4.74 Å². The third kappa shape index (κ3) is 9.83. The van der Waals surface area contributed by atoms with E-state index in [1.165, 1.54) is 0 Å². The molecule has 1 aromatic heterocycles. The number of guanidine groups is 1. The van der Waals surface area contributed by atoms with Crippen LogP contribution in [0.4, 0.5) is 5.95 Å². The lowest BCUT2D eigenvalue weighted by atomic mass is 10.3. The number of hydrogen-bond donors (Lipinski definition) is 2. The molecule has 2 rings (SSSR count). The summed E-state index contributed by atoms with van der Waals surface area (Å²) in [5.74, 6) is 1.73. The molecule has 0 aliphatic carbocycles. The van der Waals surface area contributed by atoms with Gasteiger partial charge in [0.05, 0.1) is 0 Å². The third-order valence-electron chi connectivity index (χ3n) is 4.59. The maximum atomic E-state index is 5.35. The van der Waals surface area contributed by atoms with Gasteiger partial charge in [-0.2, -0.15) is 0 Å². The fourth-order valence-electron chi connectivity index (χ4n) is 3.04. The molecule has 0 radical (unpaired) electrons. The molecule has 8 nitrogen and oxygen atoms in total. The first-order chi connectivity index (χ1) is 13.3. The Bertz CT molecular complexity index is 524. The van der Waals surface area contributed by atoms with Crippen LogP contribution in [0.25, 0.3) is 0 Å². The van der Waals surface area contributed by atoms with E-state index in [1.807, 2.05) is 20.0 Å². The van der Waals surface area contributed by atoms with Gasteiger partial charge in [-0.15, -0.1) is 24.0 Å². The van der Waals surface area contributed by atoms with E-state index in [-0.39, 0.29) is 24.0 Å². The Labute approximate surface area is 186 Å². The summed E-state index contributed by atoms with van der Waals surface area (Å²) in [6, 6.07) is 1.86. The van der Waals surface area contributed by atoms with Crippen molar-refractivity contribution in [2.45, 2.75) is 26.2 Å². The van der Waals surface area contributed by atoms with Crippen molar-refractivity contribution in [2.75, 3.05) is 71.0 Å². The lowest BCUT2D eigenvalue weighted by molar-refractivity contribution is 0.143. The van der Waals surface area contributed by atoms with Crippen LogP contribution in [-0.2, 0) is 4.74 Å². The minimum Gasteiger partial charge on any atom is -0.382 e. The average molecular weight is 505 g/mol. The van der Waals surface area contributed by atoms with Crippen molar-refractivity contribution in [1.82, 2.24) is 25.5 Å². The number of ether oxygens (including phenoxy) is 1. The zero-order valence-electron chi connectivity index (χ0n) is 17.3. The van der Waals surface area contributed by atoms with Crippen molar-refractivity contribution in [3.8, 4) is 0 Å². The van der Waals surface area contributed by atoms with E-state index in [9.17, 15) is 0 Å². The monoisotopic (exact) mass is 505 g/mol. The highest BCUT2D eigenvalue weighted by atomic mass is 127. The van der Waals surface area contributed by atoms with Crippen LogP contribution in [0.2, 0.25) is 0 Å². The molecule has 0 amide bonds. The molecule has 0 bridgehead atoms. The highest BCUT2D eigenvalue weighted by molar-refractivity contribution is 14.0. The molecule has 0 unspecified atom stereocenters. The zero-order valence-corrected chi connectivity index (χ0v) is 19.6. The minimum atomic E-state index is 0. The van der Waals surface area contributed by atoms with E-state index in [1.54, 1.807) is 12.4 Å². The van der Waals surface area contributed by atoms with Crippen LogP contribution in [0.5, 0.6) is 0 Å². The molecule has 1 saturated heterocycles. The normalized spacial score (nSPS) is 15.2. The molecule has 0 spiro atoms. The van der Waals surface area contributed by atoms with Gasteiger partial charge in [-0.05, 0) is 38.8 Å². The van der Waals surface area contributed by atoms with Gasteiger partial charge < -0.3 is 20.3 Å². The second-order valence-electron chi connectivity index (χ2n) is 6.56. The molecule has 2 N–H and O–H groups in total. The summed E-state index contributed by atoms with van der Waals surface area (Å²) in [4.78, 5) is 17.7. The summed E-state index contributed by atoms with van der Waals surface area (Å²) in [7, 11) is 1.82. The van der Waals surface area contributed by atoms with E-state index in [4.69, 9.17) is 4.74 Å². The number of anilines is 1. The zero-order chi connectivity index (χ0) is 19.2. The first-order valence-electron chi connectivity index (χ1n) is 10.1. The van der Waals surface area contributed by atoms with Crippen LogP contribution in [0.15, 0.2) is 23.5 Å². The molecule has 0 saturated carbocycles.